The molecule has 0 radical (unpaired) electrons. The fourth-order valence-electron chi connectivity index (χ4n) is 1.43. The first-order valence-corrected chi connectivity index (χ1v) is 5.91. The van der Waals surface area contributed by atoms with Crippen LogP contribution in [0.3, 0.4) is 0 Å². The molecule has 1 aromatic carbocycles. The first kappa shape index (κ1) is 11.7. The van der Waals surface area contributed by atoms with Crippen LogP contribution < -0.4 is 0 Å². The number of carboxylic acids is 1. The number of pyridine rings is 1. The molecule has 0 aliphatic carbocycles. The van der Waals surface area contributed by atoms with Gasteiger partial charge in [0, 0.05) is 22.2 Å². The molecule has 0 fully saturated rings. The first-order chi connectivity index (χ1) is 8.18. The van der Waals surface area contributed by atoms with Gasteiger partial charge in [0.15, 0.2) is 0 Å². The summed E-state index contributed by atoms with van der Waals surface area (Å²) < 4.78 is 0. The van der Waals surface area contributed by atoms with Crippen molar-refractivity contribution in [2.45, 2.75) is 16.7 Å². The van der Waals surface area contributed by atoms with Gasteiger partial charge in [0.1, 0.15) is 0 Å². The van der Waals surface area contributed by atoms with Crippen LogP contribution >= 0.6 is 11.8 Å². The highest BCUT2D eigenvalue weighted by Crippen LogP contribution is 2.31. The standard InChI is InChI=1S/C13H11NO2S/c1-9-4-2-3-5-11(9)17-12-8-14-7-6-10(12)13(15)16/h2-8H,1H3,(H,15,16). The number of hydrogen-bond donors (Lipinski definition) is 1. The van der Waals surface area contributed by atoms with Gasteiger partial charge in [-0.25, -0.2) is 4.79 Å². The number of benzene rings is 1. The minimum Gasteiger partial charge on any atom is -0.478 e. The van der Waals surface area contributed by atoms with E-state index in [1.165, 1.54) is 24.0 Å². The topological polar surface area (TPSA) is 50.2 Å². The second-order valence-electron chi connectivity index (χ2n) is 3.54. The summed E-state index contributed by atoms with van der Waals surface area (Å²) in [4.78, 5) is 16.7. The normalized spacial score (nSPS) is 10.2. The summed E-state index contributed by atoms with van der Waals surface area (Å²) in [5.41, 5.74) is 1.41. The molecule has 1 aromatic heterocycles. The number of hydrogen-bond acceptors (Lipinski definition) is 3. The van der Waals surface area contributed by atoms with E-state index in [0.29, 0.717) is 4.90 Å². The highest BCUT2D eigenvalue weighted by atomic mass is 32.2. The zero-order chi connectivity index (χ0) is 12.3. The minimum absolute atomic E-state index is 0.285. The predicted molar refractivity (Wildman–Crippen MR) is 66.5 cm³/mol. The maximum absolute atomic E-state index is 11.1. The van der Waals surface area contributed by atoms with Gasteiger partial charge in [-0.2, -0.15) is 0 Å². The Morgan fingerprint density at radius 3 is 2.71 bits per heavy atom. The average Bonchev–Trinajstić information content (AvgIpc) is 2.32. The Morgan fingerprint density at radius 1 is 1.24 bits per heavy atom. The summed E-state index contributed by atoms with van der Waals surface area (Å²) in [5, 5.41) is 9.07. The van der Waals surface area contributed by atoms with E-state index < -0.39 is 5.97 Å². The number of aryl methyl sites for hydroxylation is 1. The molecule has 0 aliphatic rings. The summed E-state index contributed by atoms with van der Waals surface area (Å²) in [6.07, 6.45) is 3.08. The van der Waals surface area contributed by atoms with Crippen molar-refractivity contribution in [1.29, 1.82) is 0 Å². The number of rotatable bonds is 3. The third-order valence-electron chi connectivity index (χ3n) is 2.33. The lowest BCUT2D eigenvalue weighted by Crippen LogP contribution is -1.99. The van der Waals surface area contributed by atoms with Crippen LogP contribution in [0.25, 0.3) is 0 Å². The summed E-state index contributed by atoms with van der Waals surface area (Å²) in [7, 11) is 0. The van der Waals surface area contributed by atoms with Crippen LogP contribution in [0.1, 0.15) is 15.9 Å². The maximum Gasteiger partial charge on any atom is 0.336 e. The fourth-order valence-corrected chi connectivity index (χ4v) is 2.42. The smallest absolute Gasteiger partial charge is 0.336 e. The van der Waals surface area contributed by atoms with E-state index in [1.807, 2.05) is 31.2 Å². The van der Waals surface area contributed by atoms with E-state index in [9.17, 15) is 4.79 Å². The van der Waals surface area contributed by atoms with Gasteiger partial charge in [-0.05, 0) is 24.6 Å². The third kappa shape index (κ3) is 2.65. The van der Waals surface area contributed by atoms with E-state index in [4.69, 9.17) is 5.11 Å². The van der Waals surface area contributed by atoms with E-state index in [2.05, 4.69) is 4.98 Å². The number of aromatic carboxylic acids is 1. The highest BCUT2D eigenvalue weighted by Gasteiger charge is 2.11. The van der Waals surface area contributed by atoms with Gasteiger partial charge in [-0.15, -0.1) is 0 Å². The predicted octanol–water partition coefficient (Wildman–Crippen LogP) is 3.24. The minimum atomic E-state index is -0.927. The molecule has 86 valence electrons. The Morgan fingerprint density at radius 2 is 2.00 bits per heavy atom. The molecule has 3 nitrogen and oxygen atoms in total. The highest BCUT2D eigenvalue weighted by molar-refractivity contribution is 7.99. The van der Waals surface area contributed by atoms with Gasteiger partial charge in [0.2, 0.25) is 0 Å². The van der Waals surface area contributed by atoms with Crippen LogP contribution in [-0.2, 0) is 0 Å². The first-order valence-electron chi connectivity index (χ1n) is 5.09. The van der Waals surface area contributed by atoms with Crippen molar-refractivity contribution in [3.05, 3.63) is 53.9 Å². The second kappa shape index (κ2) is 5.01. The SMILES string of the molecule is Cc1ccccc1Sc1cnccc1C(=O)O. The molecule has 1 heterocycles. The number of carboxylic acid groups (broad SMARTS) is 1. The molecule has 17 heavy (non-hydrogen) atoms. The number of carbonyl (C=O) groups is 1. The van der Waals surface area contributed by atoms with Crippen LogP contribution in [0, 0.1) is 6.92 Å². The van der Waals surface area contributed by atoms with E-state index >= 15 is 0 Å². The second-order valence-corrected chi connectivity index (χ2v) is 4.63. The van der Waals surface area contributed by atoms with Crippen LogP contribution in [0.15, 0.2) is 52.5 Å². The van der Waals surface area contributed by atoms with E-state index in [0.717, 1.165) is 10.5 Å². The summed E-state index contributed by atoms with van der Waals surface area (Å²) in [6, 6.07) is 9.38. The molecule has 0 saturated heterocycles. The fraction of sp³-hybridized carbons (Fsp3) is 0.0769. The van der Waals surface area contributed by atoms with Crippen molar-refractivity contribution >= 4 is 17.7 Å². The molecule has 1 N–H and O–H groups in total. The van der Waals surface area contributed by atoms with Crippen LogP contribution in [0.2, 0.25) is 0 Å². The zero-order valence-electron chi connectivity index (χ0n) is 9.25. The van der Waals surface area contributed by atoms with Crippen molar-refractivity contribution in [1.82, 2.24) is 4.98 Å². The summed E-state index contributed by atoms with van der Waals surface area (Å²) >= 11 is 1.43. The Kier molecular flexibility index (Phi) is 3.44. The Balaban J connectivity index is 2.37. The molecule has 2 rings (SSSR count). The molecular formula is C13H11NO2S. The number of nitrogens with zero attached hydrogens (tertiary/aromatic N) is 1. The molecular weight excluding hydrogens is 234 g/mol. The van der Waals surface area contributed by atoms with Crippen LogP contribution in [0.4, 0.5) is 0 Å². The lowest BCUT2D eigenvalue weighted by Gasteiger charge is -2.07. The average molecular weight is 245 g/mol. The van der Waals surface area contributed by atoms with E-state index in [1.54, 1.807) is 6.20 Å². The summed E-state index contributed by atoms with van der Waals surface area (Å²) in [6.45, 7) is 2.00. The van der Waals surface area contributed by atoms with Gasteiger partial charge >= 0.3 is 5.97 Å². The molecule has 4 heteroatoms. The lowest BCUT2D eigenvalue weighted by atomic mass is 10.2. The third-order valence-corrected chi connectivity index (χ3v) is 3.55. The van der Waals surface area contributed by atoms with Gasteiger partial charge in [-0.3, -0.25) is 4.98 Å². The maximum atomic E-state index is 11.1. The molecule has 2 aromatic rings. The van der Waals surface area contributed by atoms with Crippen molar-refractivity contribution in [3.63, 3.8) is 0 Å². The number of aromatic nitrogens is 1. The van der Waals surface area contributed by atoms with Crippen molar-refractivity contribution in [3.8, 4) is 0 Å². The molecule has 0 aliphatic heterocycles. The summed E-state index contributed by atoms with van der Waals surface area (Å²) in [5.74, 6) is -0.927. The molecule has 0 saturated carbocycles. The van der Waals surface area contributed by atoms with Gasteiger partial charge < -0.3 is 5.11 Å². The molecule has 0 amide bonds. The van der Waals surface area contributed by atoms with Gasteiger partial charge in [0.05, 0.1) is 5.56 Å². The lowest BCUT2D eigenvalue weighted by molar-refractivity contribution is 0.0693. The van der Waals surface area contributed by atoms with Crippen molar-refractivity contribution in [2.75, 3.05) is 0 Å². The molecule has 0 bridgehead atoms. The Hall–Kier alpha value is -1.81. The molecule has 0 spiro atoms. The van der Waals surface area contributed by atoms with Crippen LogP contribution in [-0.4, -0.2) is 16.1 Å². The largest absolute Gasteiger partial charge is 0.478 e. The monoisotopic (exact) mass is 245 g/mol. The Bertz CT molecular complexity index is 555. The quantitative estimate of drug-likeness (QED) is 0.901. The van der Waals surface area contributed by atoms with E-state index in [-0.39, 0.29) is 5.56 Å². The van der Waals surface area contributed by atoms with Crippen molar-refractivity contribution < 1.29 is 9.90 Å². The van der Waals surface area contributed by atoms with Crippen molar-refractivity contribution in [2.24, 2.45) is 0 Å². The molecule has 0 unspecified atom stereocenters. The van der Waals surface area contributed by atoms with Gasteiger partial charge in [-0.1, -0.05) is 30.0 Å². The van der Waals surface area contributed by atoms with Gasteiger partial charge in [0.25, 0.3) is 0 Å². The molecule has 0 atom stereocenters. The zero-order valence-corrected chi connectivity index (χ0v) is 10.1. The Labute approximate surface area is 104 Å². The van der Waals surface area contributed by atoms with Crippen LogP contribution in [0.5, 0.6) is 0 Å².